The van der Waals surface area contributed by atoms with Crippen molar-refractivity contribution in [3.63, 3.8) is 0 Å². The van der Waals surface area contributed by atoms with Crippen molar-refractivity contribution in [3.05, 3.63) is 34.6 Å². The highest BCUT2D eigenvalue weighted by molar-refractivity contribution is 6.31. The fourth-order valence-corrected chi connectivity index (χ4v) is 1.14. The number of nitrogens with two attached hydrogens (primary N) is 1. The van der Waals surface area contributed by atoms with Crippen LogP contribution < -0.4 is 11.3 Å². The maximum atomic E-state index is 13.0. The van der Waals surface area contributed by atoms with Crippen molar-refractivity contribution >= 4 is 17.5 Å². The molecule has 0 aliphatic carbocycles. The van der Waals surface area contributed by atoms with Crippen LogP contribution in [0.4, 0.5) is 4.39 Å². The summed E-state index contributed by atoms with van der Waals surface area (Å²) in [6.45, 7) is 0. The summed E-state index contributed by atoms with van der Waals surface area (Å²) in [7, 11) is 0. The molecule has 0 spiro atoms. The normalized spacial score (nSPS) is 9.77. The fraction of sp³-hybridized carbons (Fsp3) is 0.125. The summed E-state index contributed by atoms with van der Waals surface area (Å²) in [4.78, 5) is 10.8. The molecular weight excluding hydrogens is 195 g/mol. The molecule has 0 fully saturated rings. The molecular formula is C8H8ClFN2O. The molecule has 3 N–H and O–H groups in total. The van der Waals surface area contributed by atoms with Crippen molar-refractivity contribution in [1.29, 1.82) is 0 Å². The summed E-state index contributed by atoms with van der Waals surface area (Å²) in [6.07, 6.45) is -0.151. The molecule has 13 heavy (non-hydrogen) atoms. The van der Waals surface area contributed by atoms with E-state index in [1.165, 1.54) is 18.2 Å². The van der Waals surface area contributed by atoms with E-state index in [0.29, 0.717) is 0 Å². The number of rotatable bonds is 2. The predicted octanol–water partition coefficient (Wildman–Crippen LogP) is 1.01. The zero-order valence-corrected chi connectivity index (χ0v) is 7.44. The number of hydrogen-bond acceptors (Lipinski definition) is 2. The minimum absolute atomic E-state index is 0.151. The molecule has 0 saturated heterocycles. The van der Waals surface area contributed by atoms with Crippen molar-refractivity contribution in [1.82, 2.24) is 5.43 Å². The van der Waals surface area contributed by atoms with Gasteiger partial charge in [-0.25, -0.2) is 10.2 Å². The van der Waals surface area contributed by atoms with Gasteiger partial charge in [0.2, 0.25) is 5.91 Å². The van der Waals surface area contributed by atoms with Gasteiger partial charge in [0.1, 0.15) is 5.82 Å². The van der Waals surface area contributed by atoms with Gasteiger partial charge in [0.05, 0.1) is 6.42 Å². The molecule has 0 aliphatic rings. The Morgan fingerprint density at radius 1 is 1.62 bits per heavy atom. The van der Waals surface area contributed by atoms with Crippen LogP contribution in [-0.4, -0.2) is 5.91 Å². The van der Waals surface area contributed by atoms with E-state index in [1.54, 1.807) is 0 Å². The van der Waals surface area contributed by atoms with Gasteiger partial charge in [-0.2, -0.15) is 0 Å². The molecule has 1 amide bonds. The molecule has 0 aromatic heterocycles. The molecule has 3 nitrogen and oxygen atoms in total. The summed E-state index contributed by atoms with van der Waals surface area (Å²) in [5.74, 6) is 3.87. The first-order chi connectivity index (χ1) is 6.15. The van der Waals surface area contributed by atoms with Crippen molar-refractivity contribution in [2.45, 2.75) is 6.42 Å². The second-order valence-electron chi connectivity index (χ2n) is 2.44. The molecule has 0 aliphatic heterocycles. The first kappa shape index (κ1) is 9.95. The lowest BCUT2D eigenvalue weighted by Crippen LogP contribution is -2.31. The van der Waals surface area contributed by atoms with E-state index in [4.69, 9.17) is 17.4 Å². The third-order valence-electron chi connectivity index (χ3n) is 1.56. The van der Waals surface area contributed by atoms with Crippen LogP contribution in [0, 0.1) is 5.82 Å². The van der Waals surface area contributed by atoms with Crippen LogP contribution in [0.3, 0.4) is 0 Å². The predicted molar refractivity (Wildman–Crippen MR) is 47.4 cm³/mol. The van der Waals surface area contributed by atoms with Crippen LogP contribution in [0.15, 0.2) is 18.2 Å². The summed E-state index contributed by atoms with van der Waals surface area (Å²) in [5, 5.41) is 0.226. The van der Waals surface area contributed by atoms with E-state index in [9.17, 15) is 9.18 Å². The Hall–Kier alpha value is -1.13. The third kappa shape index (κ3) is 2.40. The molecule has 0 radical (unpaired) electrons. The van der Waals surface area contributed by atoms with Crippen LogP contribution in [0.5, 0.6) is 0 Å². The average Bonchev–Trinajstić information content (AvgIpc) is 2.11. The maximum absolute atomic E-state index is 13.0. The third-order valence-corrected chi connectivity index (χ3v) is 1.91. The van der Waals surface area contributed by atoms with Crippen LogP contribution in [0.2, 0.25) is 5.02 Å². The number of halogens is 2. The minimum atomic E-state index is -0.504. The SMILES string of the molecule is NNC(=O)Cc1c(F)cccc1Cl. The molecule has 1 aromatic carbocycles. The molecule has 1 aromatic rings. The number of nitrogens with one attached hydrogen (secondary N) is 1. The molecule has 5 heteroatoms. The van der Waals surface area contributed by atoms with E-state index in [-0.39, 0.29) is 17.0 Å². The van der Waals surface area contributed by atoms with Gasteiger partial charge in [-0.1, -0.05) is 17.7 Å². The van der Waals surface area contributed by atoms with Gasteiger partial charge >= 0.3 is 0 Å². The minimum Gasteiger partial charge on any atom is -0.294 e. The zero-order chi connectivity index (χ0) is 9.84. The molecule has 1 rings (SSSR count). The van der Waals surface area contributed by atoms with E-state index < -0.39 is 11.7 Å². The molecule has 0 unspecified atom stereocenters. The van der Waals surface area contributed by atoms with E-state index in [2.05, 4.69) is 0 Å². The Balaban J connectivity index is 2.93. The Kier molecular flexibility index (Phi) is 3.22. The smallest absolute Gasteiger partial charge is 0.238 e. The van der Waals surface area contributed by atoms with Crippen LogP contribution >= 0.6 is 11.6 Å². The summed E-state index contributed by atoms with van der Waals surface area (Å²) in [5.41, 5.74) is 2.06. The first-order valence-electron chi connectivity index (χ1n) is 3.57. The van der Waals surface area contributed by atoms with E-state index in [0.717, 1.165) is 0 Å². The van der Waals surface area contributed by atoms with Gasteiger partial charge in [0.25, 0.3) is 0 Å². The second kappa shape index (κ2) is 4.20. The number of amides is 1. The topological polar surface area (TPSA) is 55.1 Å². The average molecular weight is 203 g/mol. The van der Waals surface area contributed by atoms with Crippen molar-refractivity contribution in [3.8, 4) is 0 Å². The lowest BCUT2D eigenvalue weighted by atomic mass is 10.1. The van der Waals surface area contributed by atoms with Gasteiger partial charge < -0.3 is 0 Å². The highest BCUT2D eigenvalue weighted by Gasteiger charge is 2.10. The lowest BCUT2D eigenvalue weighted by molar-refractivity contribution is -0.120. The van der Waals surface area contributed by atoms with Crippen molar-refractivity contribution in [2.24, 2.45) is 5.84 Å². The second-order valence-corrected chi connectivity index (χ2v) is 2.85. The van der Waals surface area contributed by atoms with Gasteiger partial charge in [-0.3, -0.25) is 10.2 Å². The standard InChI is InChI=1S/C8H8ClFN2O/c9-6-2-1-3-7(10)5(6)4-8(13)12-11/h1-3H,4,11H2,(H,12,13). The number of carbonyl (C=O) groups excluding carboxylic acids is 1. The lowest BCUT2D eigenvalue weighted by Gasteiger charge is -2.03. The van der Waals surface area contributed by atoms with Crippen LogP contribution in [-0.2, 0) is 11.2 Å². The van der Waals surface area contributed by atoms with Crippen molar-refractivity contribution < 1.29 is 9.18 Å². The molecule has 0 bridgehead atoms. The number of carbonyl (C=O) groups is 1. The monoisotopic (exact) mass is 202 g/mol. The molecule has 0 heterocycles. The van der Waals surface area contributed by atoms with Gasteiger partial charge in [0.15, 0.2) is 0 Å². The highest BCUT2D eigenvalue weighted by Crippen LogP contribution is 2.18. The first-order valence-corrected chi connectivity index (χ1v) is 3.95. The molecule has 70 valence electrons. The Labute approximate surface area is 79.7 Å². The van der Waals surface area contributed by atoms with Crippen LogP contribution in [0.1, 0.15) is 5.56 Å². The maximum Gasteiger partial charge on any atom is 0.238 e. The molecule has 0 atom stereocenters. The Bertz CT molecular complexity index is 310. The number of benzene rings is 1. The number of hydrazine groups is 1. The van der Waals surface area contributed by atoms with Crippen molar-refractivity contribution in [2.75, 3.05) is 0 Å². The number of hydrogen-bond donors (Lipinski definition) is 2. The van der Waals surface area contributed by atoms with Crippen LogP contribution in [0.25, 0.3) is 0 Å². The van der Waals surface area contributed by atoms with Gasteiger partial charge in [-0.05, 0) is 12.1 Å². The summed E-state index contributed by atoms with van der Waals surface area (Å²) >= 11 is 5.67. The Morgan fingerprint density at radius 3 is 2.85 bits per heavy atom. The van der Waals surface area contributed by atoms with E-state index >= 15 is 0 Å². The van der Waals surface area contributed by atoms with E-state index in [1.807, 2.05) is 5.43 Å². The van der Waals surface area contributed by atoms with Gasteiger partial charge in [0, 0.05) is 10.6 Å². The summed E-state index contributed by atoms with van der Waals surface area (Å²) in [6, 6.07) is 4.23. The highest BCUT2D eigenvalue weighted by atomic mass is 35.5. The zero-order valence-electron chi connectivity index (χ0n) is 6.68. The Morgan fingerprint density at radius 2 is 2.31 bits per heavy atom. The largest absolute Gasteiger partial charge is 0.294 e. The van der Waals surface area contributed by atoms with Gasteiger partial charge in [-0.15, -0.1) is 0 Å². The quantitative estimate of drug-likeness (QED) is 0.427. The fourth-order valence-electron chi connectivity index (χ4n) is 0.913. The summed E-state index contributed by atoms with van der Waals surface area (Å²) < 4.78 is 13.0. The molecule has 0 saturated carbocycles.